The second-order valence-corrected chi connectivity index (χ2v) is 10.5. The lowest BCUT2D eigenvalue weighted by Crippen LogP contribution is -2.33. The molecular weight excluding hydrogens is 466 g/mol. The molecule has 192 valence electrons. The lowest BCUT2D eigenvalue weighted by atomic mass is 9.85. The van der Waals surface area contributed by atoms with Gasteiger partial charge in [-0.05, 0) is 56.2 Å². The molecule has 7 heteroatoms. The van der Waals surface area contributed by atoms with Crippen LogP contribution in [0.5, 0.6) is 5.75 Å². The molecule has 35 heavy (non-hydrogen) atoms. The summed E-state index contributed by atoms with van der Waals surface area (Å²) in [5.41, 5.74) is 1.21. The second-order valence-electron chi connectivity index (χ2n) is 10.1. The molecule has 0 radical (unpaired) electrons. The Labute approximate surface area is 214 Å². The zero-order valence-electron chi connectivity index (χ0n) is 21.7. The fraction of sp³-hybridized carbons (Fsp3) is 0.571. The number of methoxy groups -OCH3 is 1. The molecule has 5 atom stereocenters. The fourth-order valence-corrected chi connectivity index (χ4v) is 5.18. The summed E-state index contributed by atoms with van der Waals surface area (Å²) in [4.78, 5) is 26.5. The summed E-state index contributed by atoms with van der Waals surface area (Å²) in [7, 11) is 3.32. The first-order valence-electron chi connectivity index (χ1n) is 12.4. The minimum absolute atomic E-state index is 0.0283. The average molecular weight is 504 g/mol. The molecule has 0 spiro atoms. The van der Waals surface area contributed by atoms with Gasteiger partial charge in [-0.3, -0.25) is 9.59 Å². The summed E-state index contributed by atoms with van der Waals surface area (Å²) in [5.74, 6) is 0.595. The van der Waals surface area contributed by atoms with Crippen LogP contribution in [-0.2, 0) is 25.5 Å². The van der Waals surface area contributed by atoms with Crippen molar-refractivity contribution < 1.29 is 23.8 Å². The van der Waals surface area contributed by atoms with Crippen LogP contribution < -0.4 is 9.64 Å². The molecule has 1 fully saturated rings. The van der Waals surface area contributed by atoms with Crippen LogP contribution in [0.2, 0.25) is 5.02 Å². The van der Waals surface area contributed by atoms with Gasteiger partial charge in [0.2, 0.25) is 5.91 Å². The summed E-state index contributed by atoms with van der Waals surface area (Å²) >= 11 is 6.57. The van der Waals surface area contributed by atoms with Crippen LogP contribution in [-0.4, -0.2) is 43.8 Å². The lowest BCUT2D eigenvalue weighted by molar-refractivity contribution is -0.150. The van der Waals surface area contributed by atoms with Crippen LogP contribution in [0.1, 0.15) is 58.9 Å². The molecule has 0 N–H and O–H groups in total. The topological polar surface area (TPSA) is 68.4 Å². The third-order valence-electron chi connectivity index (χ3n) is 7.10. The molecule has 6 nitrogen and oxygen atoms in total. The molecule has 0 saturated carbocycles. The van der Waals surface area contributed by atoms with E-state index >= 15 is 0 Å². The van der Waals surface area contributed by atoms with Gasteiger partial charge in [-0.15, -0.1) is 0 Å². The number of ether oxygens (including phenoxy) is 3. The monoisotopic (exact) mass is 503 g/mol. The highest BCUT2D eigenvalue weighted by molar-refractivity contribution is 6.35. The van der Waals surface area contributed by atoms with E-state index in [0.29, 0.717) is 41.6 Å². The molecule has 0 aromatic heterocycles. The van der Waals surface area contributed by atoms with Gasteiger partial charge in [0.1, 0.15) is 16.9 Å². The van der Waals surface area contributed by atoms with Crippen molar-refractivity contribution in [2.24, 2.45) is 11.8 Å². The number of hydrogen-bond donors (Lipinski definition) is 0. The Hall–Kier alpha value is -2.31. The van der Waals surface area contributed by atoms with Crippen molar-refractivity contribution >= 4 is 29.2 Å². The van der Waals surface area contributed by atoms with Gasteiger partial charge < -0.3 is 19.1 Å². The van der Waals surface area contributed by atoms with Gasteiger partial charge in [0.25, 0.3) is 0 Å². The Morgan fingerprint density at radius 2 is 1.94 bits per heavy atom. The fourth-order valence-electron chi connectivity index (χ4n) is 4.87. The zero-order valence-corrected chi connectivity index (χ0v) is 22.4. The molecule has 2 aliphatic heterocycles. The number of fused-ring (bicyclic) bond motifs is 3. The number of esters is 1. The second kappa shape index (κ2) is 11.6. The highest BCUT2D eigenvalue weighted by atomic mass is 35.5. The van der Waals surface area contributed by atoms with Crippen LogP contribution in [0.25, 0.3) is 0 Å². The van der Waals surface area contributed by atoms with E-state index in [1.165, 1.54) is 6.92 Å². The molecule has 1 saturated heterocycles. The Morgan fingerprint density at radius 3 is 2.63 bits per heavy atom. The predicted molar refractivity (Wildman–Crippen MR) is 139 cm³/mol. The van der Waals surface area contributed by atoms with Crippen LogP contribution >= 0.6 is 11.6 Å². The highest BCUT2D eigenvalue weighted by Crippen LogP contribution is 2.47. The molecule has 1 aromatic carbocycles. The molecule has 4 unspecified atom stereocenters. The maximum absolute atomic E-state index is 13.1. The van der Waals surface area contributed by atoms with Crippen LogP contribution in [0, 0.1) is 11.8 Å². The number of epoxide rings is 1. The molecular formula is C28H38ClNO5. The van der Waals surface area contributed by atoms with Gasteiger partial charge in [0.05, 0.1) is 24.5 Å². The molecule has 0 aliphatic carbocycles. The molecule has 1 aromatic rings. The van der Waals surface area contributed by atoms with Gasteiger partial charge in [0, 0.05) is 26.3 Å². The Morgan fingerprint density at radius 1 is 1.23 bits per heavy atom. The third kappa shape index (κ3) is 6.89. The summed E-state index contributed by atoms with van der Waals surface area (Å²) in [6.07, 6.45) is 11.2. The van der Waals surface area contributed by atoms with Gasteiger partial charge >= 0.3 is 5.97 Å². The first-order chi connectivity index (χ1) is 16.6. The van der Waals surface area contributed by atoms with Gasteiger partial charge in [-0.1, -0.05) is 49.8 Å². The Bertz CT molecular complexity index is 990. The third-order valence-corrected chi connectivity index (χ3v) is 7.48. The normalized spacial score (nSPS) is 31.9. The Kier molecular flexibility index (Phi) is 9.05. The van der Waals surface area contributed by atoms with Gasteiger partial charge in [-0.25, -0.2) is 0 Å². The molecule has 3 rings (SSSR count). The number of amides is 1. The zero-order chi connectivity index (χ0) is 25.8. The number of carbonyl (C=O) groups excluding carboxylic acids is 2. The Balaban J connectivity index is 1.88. The smallest absolute Gasteiger partial charge is 0.302 e. The van der Waals surface area contributed by atoms with E-state index in [1.54, 1.807) is 19.1 Å². The molecule has 1 amide bonds. The van der Waals surface area contributed by atoms with Crippen molar-refractivity contribution in [1.29, 1.82) is 0 Å². The van der Waals surface area contributed by atoms with Crippen molar-refractivity contribution in [2.75, 3.05) is 19.1 Å². The van der Waals surface area contributed by atoms with Gasteiger partial charge in [0.15, 0.2) is 0 Å². The van der Waals surface area contributed by atoms with Crippen LogP contribution in [0.4, 0.5) is 5.69 Å². The molecule has 2 heterocycles. The van der Waals surface area contributed by atoms with Crippen LogP contribution in [0.3, 0.4) is 0 Å². The molecule has 2 bridgehead atoms. The van der Waals surface area contributed by atoms with E-state index in [4.69, 9.17) is 25.8 Å². The number of rotatable bonds is 2. The summed E-state index contributed by atoms with van der Waals surface area (Å²) in [6.45, 7) is 7.72. The summed E-state index contributed by atoms with van der Waals surface area (Å²) in [5, 5.41) is 0.417. The minimum Gasteiger partial charge on any atom is -0.495 e. The number of hydrogen-bond acceptors (Lipinski definition) is 5. The highest BCUT2D eigenvalue weighted by Gasteiger charge is 2.56. The van der Waals surface area contributed by atoms with Crippen molar-refractivity contribution in [1.82, 2.24) is 0 Å². The number of halogens is 1. The maximum atomic E-state index is 13.1. The number of allylic oxidation sites excluding steroid dienone is 4. The maximum Gasteiger partial charge on any atom is 0.302 e. The summed E-state index contributed by atoms with van der Waals surface area (Å²) in [6, 6.07) is 3.85. The number of carbonyl (C=O) groups is 2. The van der Waals surface area contributed by atoms with Crippen molar-refractivity contribution in [3.8, 4) is 5.75 Å². The first-order valence-corrected chi connectivity index (χ1v) is 12.7. The number of nitrogens with zero attached hydrogens (tertiary/aromatic N) is 1. The lowest BCUT2D eigenvalue weighted by Gasteiger charge is -2.26. The SMILES string of the molecule is COc1cc2cc(c1Cl)N(C)C(=O)CCC1(C)OC1[C@H](C)C(OC(C)=O)CC(C)C/C=C/C=C/C2. The first kappa shape index (κ1) is 27.3. The van der Waals surface area contributed by atoms with E-state index < -0.39 is 5.60 Å². The van der Waals surface area contributed by atoms with Crippen molar-refractivity contribution in [2.45, 2.75) is 77.6 Å². The standard InChI is InChI=1S/C28H38ClNO5/c1-18-11-9-7-8-10-12-21-16-22(26(29)24(17-21)33-6)30(5)25(32)13-14-28(4)27(35-28)19(2)23(15-18)34-20(3)31/h7-10,16-19,23,27H,11-15H2,1-6H3/b9-7+,10-8+/t18?,19-,23?,27?,28?/m1/s1. The minimum atomic E-state index is -0.423. The van der Waals surface area contributed by atoms with Crippen molar-refractivity contribution in [3.05, 3.63) is 47.0 Å². The van der Waals surface area contributed by atoms with Gasteiger partial charge in [-0.2, -0.15) is 0 Å². The number of benzene rings is 1. The number of anilines is 1. The predicted octanol–water partition coefficient (Wildman–Crippen LogP) is 5.90. The average Bonchev–Trinajstić information content (AvgIpc) is 3.49. The van der Waals surface area contributed by atoms with E-state index in [2.05, 4.69) is 26.0 Å². The molecule has 2 aliphatic rings. The van der Waals surface area contributed by atoms with E-state index in [1.807, 2.05) is 31.2 Å². The van der Waals surface area contributed by atoms with Crippen LogP contribution in [0.15, 0.2) is 36.4 Å². The largest absolute Gasteiger partial charge is 0.495 e. The van der Waals surface area contributed by atoms with E-state index in [-0.39, 0.29) is 30.0 Å². The van der Waals surface area contributed by atoms with Crippen molar-refractivity contribution in [3.63, 3.8) is 0 Å². The van der Waals surface area contributed by atoms with E-state index in [0.717, 1.165) is 18.4 Å². The summed E-state index contributed by atoms with van der Waals surface area (Å²) < 4.78 is 17.3. The quantitative estimate of drug-likeness (QED) is 0.371. The van der Waals surface area contributed by atoms with E-state index in [9.17, 15) is 9.59 Å².